The summed E-state index contributed by atoms with van der Waals surface area (Å²) in [7, 11) is 1.67. The minimum absolute atomic E-state index is 0.0417. The number of aromatic amines is 1. The monoisotopic (exact) mass is 313 g/mol. The Morgan fingerprint density at radius 3 is 3.09 bits per heavy atom. The summed E-state index contributed by atoms with van der Waals surface area (Å²) in [5.41, 5.74) is 3.37. The van der Waals surface area contributed by atoms with Crippen LogP contribution in [0.2, 0.25) is 0 Å². The van der Waals surface area contributed by atoms with E-state index in [0.29, 0.717) is 6.54 Å². The van der Waals surface area contributed by atoms with Crippen LogP contribution >= 0.6 is 0 Å². The van der Waals surface area contributed by atoms with E-state index >= 15 is 0 Å². The van der Waals surface area contributed by atoms with Crippen LogP contribution in [0.15, 0.2) is 24.3 Å². The van der Waals surface area contributed by atoms with Gasteiger partial charge in [-0.2, -0.15) is 0 Å². The third-order valence-corrected chi connectivity index (χ3v) is 4.42. The number of methoxy groups -OCH3 is 1. The smallest absolute Gasteiger partial charge is 0.223 e. The van der Waals surface area contributed by atoms with Gasteiger partial charge in [-0.3, -0.25) is 4.79 Å². The molecule has 0 bridgehead atoms. The Labute approximate surface area is 136 Å². The molecule has 0 spiro atoms. The summed E-state index contributed by atoms with van der Waals surface area (Å²) in [6.07, 6.45) is 3.29. The van der Waals surface area contributed by atoms with Crippen LogP contribution in [0.4, 0.5) is 0 Å². The lowest BCUT2D eigenvalue weighted by Gasteiger charge is -2.20. The second-order valence-electron chi connectivity index (χ2n) is 6.04. The Bertz CT molecular complexity index is 693. The van der Waals surface area contributed by atoms with E-state index in [1.54, 1.807) is 7.11 Å². The van der Waals surface area contributed by atoms with Gasteiger partial charge in [0.25, 0.3) is 0 Å². The Kier molecular flexibility index (Phi) is 4.65. The molecule has 3 rings (SSSR count). The first-order chi connectivity index (χ1) is 11.2. The summed E-state index contributed by atoms with van der Waals surface area (Å²) in [4.78, 5) is 20.1. The van der Waals surface area contributed by atoms with Gasteiger partial charge in [0.05, 0.1) is 12.8 Å². The van der Waals surface area contributed by atoms with Gasteiger partial charge in [-0.25, -0.2) is 4.98 Å². The number of benzene rings is 1. The molecule has 0 saturated heterocycles. The van der Waals surface area contributed by atoms with E-state index in [1.165, 1.54) is 0 Å². The summed E-state index contributed by atoms with van der Waals surface area (Å²) >= 11 is 0. The van der Waals surface area contributed by atoms with Crippen LogP contribution in [0.25, 0.3) is 0 Å². The molecule has 1 heterocycles. The lowest BCUT2D eigenvalue weighted by molar-refractivity contribution is -0.125. The van der Waals surface area contributed by atoms with Crippen molar-refractivity contribution in [2.45, 2.75) is 32.6 Å². The molecule has 0 radical (unpaired) electrons. The number of fused-ring (bicyclic) bond motifs is 1. The Morgan fingerprint density at radius 2 is 2.26 bits per heavy atom. The van der Waals surface area contributed by atoms with Crippen LogP contribution in [0.5, 0.6) is 5.75 Å². The highest BCUT2D eigenvalue weighted by Gasteiger charge is 2.26. The van der Waals surface area contributed by atoms with Gasteiger partial charge in [0, 0.05) is 24.6 Å². The van der Waals surface area contributed by atoms with Crippen molar-refractivity contribution in [2.75, 3.05) is 13.7 Å². The van der Waals surface area contributed by atoms with Crippen LogP contribution in [-0.2, 0) is 24.1 Å². The molecular weight excluding hydrogens is 290 g/mol. The second-order valence-corrected chi connectivity index (χ2v) is 6.04. The van der Waals surface area contributed by atoms with Gasteiger partial charge < -0.3 is 15.0 Å². The first-order valence-electron chi connectivity index (χ1n) is 8.11. The maximum absolute atomic E-state index is 12.4. The first kappa shape index (κ1) is 15.6. The van der Waals surface area contributed by atoms with Crippen molar-refractivity contribution in [3.05, 3.63) is 47.0 Å². The van der Waals surface area contributed by atoms with Crippen molar-refractivity contribution >= 4 is 5.91 Å². The third kappa shape index (κ3) is 3.55. The van der Waals surface area contributed by atoms with Gasteiger partial charge in [0.2, 0.25) is 5.91 Å². The number of nitrogens with zero attached hydrogens (tertiary/aromatic N) is 1. The molecule has 0 saturated carbocycles. The lowest BCUT2D eigenvalue weighted by atomic mass is 9.89. The van der Waals surface area contributed by atoms with Crippen LogP contribution in [0.3, 0.4) is 0 Å². The van der Waals surface area contributed by atoms with Crippen LogP contribution in [0.1, 0.15) is 29.2 Å². The molecule has 23 heavy (non-hydrogen) atoms. The number of amides is 1. The average molecular weight is 313 g/mol. The summed E-state index contributed by atoms with van der Waals surface area (Å²) < 4.78 is 5.34. The average Bonchev–Trinajstić information content (AvgIpc) is 2.94. The van der Waals surface area contributed by atoms with Crippen molar-refractivity contribution < 1.29 is 9.53 Å². The number of imidazole rings is 1. The second kappa shape index (κ2) is 6.86. The molecule has 2 N–H and O–H groups in total. The lowest BCUT2D eigenvalue weighted by Crippen LogP contribution is -2.35. The van der Waals surface area contributed by atoms with Crippen LogP contribution in [0, 0.1) is 12.8 Å². The largest absolute Gasteiger partial charge is 0.496 e. The van der Waals surface area contributed by atoms with E-state index in [9.17, 15) is 4.79 Å². The quantitative estimate of drug-likeness (QED) is 0.889. The fourth-order valence-corrected chi connectivity index (χ4v) is 3.22. The van der Waals surface area contributed by atoms with Gasteiger partial charge in [-0.1, -0.05) is 18.2 Å². The molecule has 1 aliphatic carbocycles. The van der Waals surface area contributed by atoms with E-state index in [0.717, 1.165) is 54.2 Å². The van der Waals surface area contributed by atoms with Gasteiger partial charge in [0.15, 0.2) is 0 Å². The molecule has 1 aromatic heterocycles. The first-order valence-corrected chi connectivity index (χ1v) is 8.11. The number of rotatable bonds is 5. The molecule has 0 fully saturated rings. The maximum atomic E-state index is 12.4. The molecule has 1 unspecified atom stereocenters. The Morgan fingerprint density at radius 1 is 1.43 bits per heavy atom. The predicted octanol–water partition coefficient (Wildman–Crippen LogP) is 2.19. The molecular formula is C18H23N3O2. The number of nitrogens with one attached hydrogen (secondary N) is 2. The minimum atomic E-state index is 0.0417. The van der Waals surface area contributed by atoms with Gasteiger partial charge in [0.1, 0.15) is 11.6 Å². The number of ether oxygens (including phenoxy) is 1. The number of hydrogen-bond acceptors (Lipinski definition) is 3. The minimum Gasteiger partial charge on any atom is -0.496 e. The highest BCUT2D eigenvalue weighted by Crippen LogP contribution is 2.24. The SMILES string of the molecule is COc1ccccc1CCNC(=O)C1CCc2nc(C)[nH]c2C1. The summed E-state index contributed by atoms with van der Waals surface area (Å²) in [6, 6.07) is 7.92. The maximum Gasteiger partial charge on any atom is 0.223 e. The molecule has 2 aromatic rings. The number of hydrogen-bond donors (Lipinski definition) is 2. The fraction of sp³-hybridized carbons (Fsp3) is 0.444. The zero-order valence-electron chi connectivity index (χ0n) is 13.7. The van der Waals surface area contributed by atoms with Crippen molar-refractivity contribution in [1.82, 2.24) is 15.3 Å². The van der Waals surface area contributed by atoms with Crippen LogP contribution in [-0.4, -0.2) is 29.5 Å². The topological polar surface area (TPSA) is 67.0 Å². The highest BCUT2D eigenvalue weighted by molar-refractivity contribution is 5.79. The van der Waals surface area contributed by atoms with E-state index in [4.69, 9.17) is 4.74 Å². The third-order valence-electron chi connectivity index (χ3n) is 4.42. The number of para-hydroxylation sites is 1. The molecule has 0 aliphatic heterocycles. The van der Waals surface area contributed by atoms with E-state index in [-0.39, 0.29) is 11.8 Å². The summed E-state index contributed by atoms with van der Waals surface area (Å²) in [5, 5.41) is 3.06. The molecule has 5 heteroatoms. The summed E-state index contributed by atoms with van der Waals surface area (Å²) in [5.74, 6) is 1.99. The Balaban J connectivity index is 1.52. The number of carbonyl (C=O) groups is 1. The normalized spacial score (nSPS) is 16.7. The van der Waals surface area contributed by atoms with Crippen LogP contribution < -0.4 is 10.1 Å². The van der Waals surface area contributed by atoms with Crippen molar-refractivity contribution in [1.29, 1.82) is 0 Å². The van der Waals surface area contributed by atoms with E-state index < -0.39 is 0 Å². The number of aryl methyl sites for hydroxylation is 2. The van der Waals surface area contributed by atoms with Gasteiger partial charge in [-0.15, -0.1) is 0 Å². The number of aromatic nitrogens is 2. The molecule has 122 valence electrons. The highest BCUT2D eigenvalue weighted by atomic mass is 16.5. The Hall–Kier alpha value is -2.30. The van der Waals surface area contributed by atoms with Crippen molar-refractivity contribution in [2.24, 2.45) is 5.92 Å². The van der Waals surface area contributed by atoms with E-state index in [2.05, 4.69) is 15.3 Å². The van der Waals surface area contributed by atoms with Crippen molar-refractivity contribution in [3.8, 4) is 5.75 Å². The number of H-pyrrole nitrogens is 1. The molecule has 1 atom stereocenters. The summed E-state index contributed by atoms with van der Waals surface area (Å²) in [6.45, 7) is 2.59. The molecule has 1 amide bonds. The van der Waals surface area contributed by atoms with E-state index in [1.807, 2.05) is 31.2 Å². The zero-order chi connectivity index (χ0) is 16.2. The standard InChI is InChI=1S/C18H23N3O2/c1-12-20-15-8-7-14(11-16(15)21-12)18(22)19-10-9-13-5-3-4-6-17(13)23-2/h3-6,14H,7-11H2,1-2H3,(H,19,22)(H,20,21). The molecule has 5 nitrogen and oxygen atoms in total. The molecule has 1 aromatic carbocycles. The van der Waals surface area contributed by atoms with Gasteiger partial charge >= 0.3 is 0 Å². The predicted molar refractivity (Wildman–Crippen MR) is 88.5 cm³/mol. The number of carbonyl (C=O) groups excluding carboxylic acids is 1. The van der Waals surface area contributed by atoms with Gasteiger partial charge in [-0.05, 0) is 37.8 Å². The molecule has 1 aliphatic rings. The zero-order valence-corrected chi connectivity index (χ0v) is 13.7. The fourth-order valence-electron chi connectivity index (χ4n) is 3.22. The van der Waals surface area contributed by atoms with Crippen molar-refractivity contribution in [3.63, 3.8) is 0 Å².